The van der Waals surface area contributed by atoms with Gasteiger partial charge < -0.3 is 10.6 Å². The zero-order chi connectivity index (χ0) is 7.56. The topological polar surface area (TPSA) is 41.6 Å². The lowest BCUT2D eigenvalue weighted by Crippen LogP contribution is -2.30. The van der Waals surface area contributed by atoms with Crippen molar-refractivity contribution in [3.63, 3.8) is 0 Å². The van der Waals surface area contributed by atoms with Crippen LogP contribution in [0.25, 0.3) is 0 Å². The Morgan fingerprint density at radius 2 is 2.50 bits per heavy atom. The summed E-state index contributed by atoms with van der Waals surface area (Å²) >= 11 is 0. The van der Waals surface area contributed by atoms with Crippen LogP contribution >= 0.6 is 0 Å². The van der Waals surface area contributed by atoms with Crippen molar-refractivity contribution in [1.82, 2.24) is 4.90 Å². The first kappa shape index (κ1) is 7.12. The third kappa shape index (κ3) is 1.29. The Morgan fingerprint density at radius 1 is 1.80 bits per heavy atom. The molecule has 0 spiro atoms. The van der Waals surface area contributed by atoms with Crippen LogP contribution in [0, 0.1) is 0 Å². The molecule has 1 heterocycles. The van der Waals surface area contributed by atoms with Crippen molar-refractivity contribution in [2.24, 2.45) is 10.7 Å². The van der Waals surface area contributed by atoms with Gasteiger partial charge >= 0.3 is 0 Å². The van der Waals surface area contributed by atoms with Crippen LogP contribution in [0.5, 0.6) is 0 Å². The standard InChI is InChI=1S/C7H13N3/c1-3-7-9-6(8)4-5-10(7)2/h4H,3,5,8H2,1-2H3. The summed E-state index contributed by atoms with van der Waals surface area (Å²) in [5.41, 5.74) is 5.51. The average molecular weight is 139 g/mol. The molecule has 0 aromatic rings. The molecule has 2 N–H and O–H groups in total. The largest absolute Gasteiger partial charge is 0.384 e. The van der Waals surface area contributed by atoms with Gasteiger partial charge in [-0.05, 0) is 6.08 Å². The van der Waals surface area contributed by atoms with Gasteiger partial charge in [0.05, 0.1) is 0 Å². The summed E-state index contributed by atoms with van der Waals surface area (Å²) < 4.78 is 0. The second-order valence-electron chi connectivity index (χ2n) is 2.39. The third-order valence-electron chi connectivity index (χ3n) is 1.59. The molecule has 0 radical (unpaired) electrons. The van der Waals surface area contributed by atoms with Crippen molar-refractivity contribution in [2.45, 2.75) is 13.3 Å². The number of nitrogens with zero attached hydrogens (tertiary/aromatic N) is 2. The number of aliphatic imine (C=N–C) groups is 1. The van der Waals surface area contributed by atoms with Gasteiger partial charge in [-0.2, -0.15) is 0 Å². The fourth-order valence-electron chi connectivity index (χ4n) is 0.965. The molecular formula is C7H13N3. The van der Waals surface area contributed by atoms with Crippen LogP contribution < -0.4 is 5.73 Å². The number of hydrogen-bond acceptors (Lipinski definition) is 3. The molecule has 0 bridgehead atoms. The SMILES string of the molecule is CCC1=NC(N)=CCN1C. The monoisotopic (exact) mass is 139 g/mol. The second kappa shape index (κ2) is 2.73. The van der Waals surface area contributed by atoms with Crippen LogP contribution in [0.1, 0.15) is 13.3 Å². The van der Waals surface area contributed by atoms with Crippen LogP contribution in [0.15, 0.2) is 16.9 Å². The van der Waals surface area contributed by atoms with Crippen molar-refractivity contribution in [1.29, 1.82) is 0 Å². The van der Waals surface area contributed by atoms with Gasteiger partial charge in [-0.25, -0.2) is 4.99 Å². The zero-order valence-electron chi connectivity index (χ0n) is 6.46. The Hall–Kier alpha value is -0.990. The van der Waals surface area contributed by atoms with Crippen molar-refractivity contribution >= 4 is 5.84 Å². The van der Waals surface area contributed by atoms with E-state index in [1.165, 1.54) is 0 Å². The number of hydrogen-bond donors (Lipinski definition) is 1. The lowest BCUT2D eigenvalue weighted by molar-refractivity contribution is 0.539. The van der Waals surface area contributed by atoms with Gasteiger partial charge in [0, 0.05) is 20.0 Å². The molecule has 0 fully saturated rings. The minimum Gasteiger partial charge on any atom is -0.384 e. The highest BCUT2D eigenvalue weighted by atomic mass is 15.2. The quantitative estimate of drug-likeness (QED) is 0.576. The molecule has 0 amide bonds. The van der Waals surface area contributed by atoms with Gasteiger partial charge in [-0.15, -0.1) is 0 Å². The molecule has 1 aliphatic rings. The highest BCUT2D eigenvalue weighted by Gasteiger charge is 2.06. The highest BCUT2D eigenvalue weighted by molar-refractivity contribution is 5.83. The van der Waals surface area contributed by atoms with E-state index in [2.05, 4.69) is 16.8 Å². The molecule has 0 unspecified atom stereocenters. The lowest BCUT2D eigenvalue weighted by atomic mass is 10.3. The summed E-state index contributed by atoms with van der Waals surface area (Å²) in [7, 11) is 2.02. The van der Waals surface area contributed by atoms with Crippen molar-refractivity contribution in [3.8, 4) is 0 Å². The van der Waals surface area contributed by atoms with E-state index in [0.717, 1.165) is 18.8 Å². The Balaban J connectivity index is 2.73. The number of nitrogens with two attached hydrogens (primary N) is 1. The smallest absolute Gasteiger partial charge is 0.123 e. The number of amidine groups is 1. The van der Waals surface area contributed by atoms with E-state index in [1.54, 1.807) is 0 Å². The molecule has 3 heteroatoms. The van der Waals surface area contributed by atoms with Gasteiger partial charge in [-0.3, -0.25) is 0 Å². The van der Waals surface area contributed by atoms with E-state index < -0.39 is 0 Å². The normalized spacial score (nSPS) is 18.4. The Kier molecular flexibility index (Phi) is 1.94. The molecule has 3 nitrogen and oxygen atoms in total. The summed E-state index contributed by atoms with van der Waals surface area (Å²) in [5.74, 6) is 1.72. The van der Waals surface area contributed by atoms with Crippen LogP contribution in [0.3, 0.4) is 0 Å². The van der Waals surface area contributed by atoms with Crippen LogP contribution in [-0.4, -0.2) is 24.3 Å². The van der Waals surface area contributed by atoms with Crippen molar-refractivity contribution < 1.29 is 0 Å². The maximum absolute atomic E-state index is 5.51. The summed E-state index contributed by atoms with van der Waals surface area (Å²) in [5, 5.41) is 0. The van der Waals surface area contributed by atoms with Crippen LogP contribution in [0.4, 0.5) is 0 Å². The van der Waals surface area contributed by atoms with E-state index in [4.69, 9.17) is 5.73 Å². The Morgan fingerprint density at radius 3 is 3.00 bits per heavy atom. The minimum absolute atomic E-state index is 0.648. The predicted molar refractivity (Wildman–Crippen MR) is 42.6 cm³/mol. The van der Waals surface area contributed by atoms with Gasteiger partial charge in [-0.1, -0.05) is 6.92 Å². The molecule has 0 atom stereocenters. The molecule has 1 rings (SSSR count). The molecule has 0 saturated carbocycles. The van der Waals surface area contributed by atoms with E-state index in [0.29, 0.717) is 5.82 Å². The fraction of sp³-hybridized carbons (Fsp3) is 0.571. The summed E-state index contributed by atoms with van der Waals surface area (Å²) in [4.78, 5) is 6.26. The Labute approximate surface area is 61.2 Å². The second-order valence-corrected chi connectivity index (χ2v) is 2.39. The highest BCUT2D eigenvalue weighted by Crippen LogP contribution is 2.03. The zero-order valence-corrected chi connectivity index (χ0v) is 6.46. The van der Waals surface area contributed by atoms with Crippen molar-refractivity contribution in [2.75, 3.05) is 13.6 Å². The third-order valence-corrected chi connectivity index (χ3v) is 1.59. The molecule has 1 aliphatic heterocycles. The first-order valence-corrected chi connectivity index (χ1v) is 3.48. The molecule has 0 aromatic heterocycles. The van der Waals surface area contributed by atoms with E-state index in [-0.39, 0.29) is 0 Å². The number of rotatable bonds is 1. The van der Waals surface area contributed by atoms with Gasteiger partial charge in [0.25, 0.3) is 0 Å². The summed E-state index contributed by atoms with van der Waals surface area (Å²) in [6.45, 7) is 2.96. The van der Waals surface area contributed by atoms with Gasteiger partial charge in [0.15, 0.2) is 0 Å². The Bertz CT molecular complexity index is 181. The summed E-state index contributed by atoms with van der Waals surface area (Å²) in [6.07, 6.45) is 2.87. The fourth-order valence-corrected chi connectivity index (χ4v) is 0.965. The summed E-state index contributed by atoms with van der Waals surface area (Å²) in [6, 6.07) is 0. The first-order valence-electron chi connectivity index (χ1n) is 3.48. The number of likely N-dealkylation sites (N-methyl/N-ethyl adjacent to an activating group) is 1. The van der Waals surface area contributed by atoms with E-state index in [9.17, 15) is 0 Å². The maximum Gasteiger partial charge on any atom is 0.123 e. The van der Waals surface area contributed by atoms with Crippen LogP contribution in [0.2, 0.25) is 0 Å². The molecular weight excluding hydrogens is 126 g/mol. The van der Waals surface area contributed by atoms with Gasteiger partial charge in [0.2, 0.25) is 0 Å². The van der Waals surface area contributed by atoms with Crippen molar-refractivity contribution in [3.05, 3.63) is 11.9 Å². The lowest BCUT2D eigenvalue weighted by Gasteiger charge is -2.21. The maximum atomic E-state index is 5.51. The average Bonchev–Trinajstić information content (AvgIpc) is 1.94. The molecule has 56 valence electrons. The first-order chi connectivity index (χ1) is 4.74. The van der Waals surface area contributed by atoms with Crippen LogP contribution in [-0.2, 0) is 0 Å². The molecule has 10 heavy (non-hydrogen) atoms. The van der Waals surface area contributed by atoms with E-state index >= 15 is 0 Å². The minimum atomic E-state index is 0.648. The molecule has 0 aromatic carbocycles. The molecule has 0 saturated heterocycles. The molecule has 0 aliphatic carbocycles. The predicted octanol–water partition coefficient (Wildman–Crippen LogP) is 0.540. The van der Waals surface area contributed by atoms with E-state index in [1.807, 2.05) is 13.1 Å². The van der Waals surface area contributed by atoms with Gasteiger partial charge in [0.1, 0.15) is 11.7 Å².